The Labute approximate surface area is 163 Å². The zero-order valence-electron chi connectivity index (χ0n) is 16.3. The molecule has 2 aromatic rings. The number of amides is 1. The molecule has 0 radical (unpaired) electrons. The van der Waals surface area contributed by atoms with E-state index in [1.165, 1.54) is 33.5 Å². The summed E-state index contributed by atoms with van der Waals surface area (Å²) in [5, 5.41) is 2.73. The number of nitrogens with one attached hydrogen (secondary N) is 1. The van der Waals surface area contributed by atoms with Gasteiger partial charge < -0.3 is 24.3 Å². The van der Waals surface area contributed by atoms with Crippen molar-refractivity contribution in [3.63, 3.8) is 0 Å². The van der Waals surface area contributed by atoms with Gasteiger partial charge in [-0.05, 0) is 30.2 Å². The number of benzene rings is 2. The third-order valence-electron chi connectivity index (χ3n) is 4.08. The second-order valence-corrected chi connectivity index (χ2v) is 5.72. The van der Waals surface area contributed by atoms with E-state index >= 15 is 0 Å². The van der Waals surface area contributed by atoms with E-state index in [0.717, 1.165) is 5.56 Å². The number of ether oxygens (including phenoxy) is 4. The molecule has 0 aliphatic heterocycles. The van der Waals surface area contributed by atoms with Crippen molar-refractivity contribution in [2.45, 2.75) is 6.42 Å². The monoisotopic (exact) mass is 385 g/mol. The molecule has 0 fully saturated rings. The van der Waals surface area contributed by atoms with E-state index in [1.807, 2.05) is 0 Å². The Morgan fingerprint density at radius 1 is 0.964 bits per heavy atom. The standard InChI is InChI=1S/C21H23NO6/c1-6-7-13-10-14(8-9-17(13)25-2)20(23)22-16-12-19(27-4)18(26-3)11-15(16)21(24)28-5/h6,8-12H,1,7H2,2-5H3,(H,22,23). The van der Waals surface area contributed by atoms with Gasteiger partial charge in [0.25, 0.3) is 5.91 Å². The maximum absolute atomic E-state index is 12.8. The number of methoxy groups -OCH3 is 4. The summed E-state index contributed by atoms with van der Waals surface area (Å²) in [5.74, 6) is 0.368. The SMILES string of the molecule is C=CCc1cc(C(=O)Nc2cc(OC)c(OC)cc2C(=O)OC)ccc1OC. The topological polar surface area (TPSA) is 83.1 Å². The molecule has 2 aromatic carbocycles. The van der Waals surface area contributed by atoms with Gasteiger partial charge >= 0.3 is 5.97 Å². The van der Waals surface area contributed by atoms with Gasteiger partial charge in [0, 0.05) is 17.7 Å². The number of hydrogen-bond acceptors (Lipinski definition) is 6. The Morgan fingerprint density at radius 2 is 1.61 bits per heavy atom. The second kappa shape index (κ2) is 9.45. The summed E-state index contributed by atoms with van der Waals surface area (Å²) in [5.41, 5.74) is 1.62. The quantitative estimate of drug-likeness (QED) is 0.553. The molecule has 7 nitrogen and oxygen atoms in total. The predicted molar refractivity (Wildman–Crippen MR) is 106 cm³/mol. The van der Waals surface area contributed by atoms with Crippen molar-refractivity contribution in [2.24, 2.45) is 0 Å². The molecule has 148 valence electrons. The molecule has 0 heterocycles. The molecule has 0 atom stereocenters. The summed E-state index contributed by atoms with van der Waals surface area (Å²) < 4.78 is 20.6. The normalized spacial score (nSPS) is 10.0. The number of rotatable bonds is 8. The summed E-state index contributed by atoms with van der Waals surface area (Å²) in [6, 6.07) is 8.03. The molecular formula is C21H23NO6. The minimum absolute atomic E-state index is 0.147. The van der Waals surface area contributed by atoms with Crippen LogP contribution in [0.15, 0.2) is 43.0 Å². The van der Waals surface area contributed by atoms with Crippen molar-refractivity contribution in [2.75, 3.05) is 33.8 Å². The van der Waals surface area contributed by atoms with Crippen molar-refractivity contribution in [3.05, 3.63) is 59.7 Å². The number of esters is 1. The third kappa shape index (κ3) is 4.43. The van der Waals surface area contributed by atoms with Gasteiger partial charge in [-0.3, -0.25) is 4.79 Å². The fourth-order valence-electron chi connectivity index (χ4n) is 2.69. The predicted octanol–water partition coefficient (Wildman–Crippen LogP) is 3.48. The van der Waals surface area contributed by atoms with Gasteiger partial charge in [0.05, 0.1) is 39.7 Å². The first-order valence-corrected chi connectivity index (χ1v) is 8.42. The maximum Gasteiger partial charge on any atom is 0.340 e. The highest BCUT2D eigenvalue weighted by Crippen LogP contribution is 2.34. The fourth-order valence-corrected chi connectivity index (χ4v) is 2.69. The van der Waals surface area contributed by atoms with Crippen molar-refractivity contribution < 1.29 is 28.5 Å². The molecule has 28 heavy (non-hydrogen) atoms. The van der Waals surface area contributed by atoms with Gasteiger partial charge in [-0.15, -0.1) is 6.58 Å². The van der Waals surface area contributed by atoms with E-state index in [0.29, 0.717) is 29.2 Å². The molecule has 2 rings (SSSR count). The first kappa shape index (κ1) is 20.8. The number of carbonyl (C=O) groups is 2. The lowest BCUT2D eigenvalue weighted by molar-refractivity contribution is 0.0601. The zero-order chi connectivity index (χ0) is 20.7. The highest BCUT2D eigenvalue weighted by atomic mass is 16.5. The fraction of sp³-hybridized carbons (Fsp3) is 0.238. The van der Waals surface area contributed by atoms with E-state index < -0.39 is 11.9 Å². The Hall–Kier alpha value is -3.48. The van der Waals surface area contributed by atoms with Crippen molar-refractivity contribution in [1.29, 1.82) is 0 Å². The Bertz CT molecular complexity index is 891. The molecule has 0 saturated heterocycles. The van der Waals surface area contributed by atoms with Gasteiger partial charge in [0.15, 0.2) is 11.5 Å². The lowest BCUT2D eigenvalue weighted by Gasteiger charge is -2.15. The molecular weight excluding hydrogens is 362 g/mol. The lowest BCUT2D eigenvalue weighted by atomic mass is 10.1. The minimum atomic E-state index is -0.613. The smallest absolute Gasteiger partial charge is 0.340 e. The Morgan fingerprint density at radius 3 is 2.18 bits per heavy atom. The van der Waals surface area contributed by atoms with Crippen LogP contribution in [0.3, 0.4) is 0 Å². The van der Waals surface area contributed by atoms with Crippen LogP contribution in [-0.2, 0) is 11.2 Å². The minimum Gasteiger partial charge on any atom is -0.496 e. The van der Waals surface area contributed by atoms with Gasteiger partial charge in [0.1, 0.15) is 5.75 Å². The molecule has 0 spiro atoms. The average molecular weight is 385 g/mol. The molecule has 1 amide bonds. The van der Waals surface area contributed by atoms with E-state index in [1.54, 1.807) is 31.4 Å². The molecule has 0 aliphatic carbocycles. The molecule has 0 unspecified atom stereocenters. The van der Waals surface area contributed by atoms with Gasteiger partial charge in [-0.2, -0.15) is 0 Å². The van der Waals surface area contributed by atoms with Crippen LogP contribution in [0.4, 0.5) is 5.69 Å². The zero-order valence-corrected chi connectivity index (χ0v) is 16.3. The van der Waals surface area contributed by atoms with Crippen LogP contribution in [0.25, 0.3) is 0 Å². The van der Waals surface area contributed by atoms with Gasteiger partial charge in [0.2, 0.25) is 0 Å². The Balaban J connectivity index is 2.43. The van der Waals surface area contributed by atoms with E-state index in [4.69, 9.17) is 18.9 Å². The highest BCUT2D eigenvalue weighted by molar-refractivity contribution is 6.08. The number of carbonyl (C=O) groups excluding carboxylic acids is 2. The summed E-state index contributed by atoms with van der Waals surface area (Å²) in [7, 11) is 5.74. The van der Waals surface area contributed by atoms with Crippen molar-refractivity contribution in [3.8, 4) is 17.2 Å². The average Bonchev–Trinajstić information content (AvgIpc) is 2.72. The van der Waals surface area contributed by atoms with E-state index in [-0.39, 0.29) is 11.3 Å². The molecule has 0 saturated carbocycles. The molecule has 0 bridgehead atoms. The number of anilines is 1. The van der Waals surface area contributed by atoms with Crippen LogP contribution < -0.4 is 19.5 Å². The number of hydrogen-bond donors (Lipinski definition) is 1. The summed E-state index contributed by atoms with van der Waals surface area (Å²) in [4.78, 5) is 24.9. The lowest BCUT2D eigenvalue weighted by Crippen LogP contribution is -2.16. The number of allylic oxidation sites excluding steroid dienone is 1. The summed E-state index contributed by atoms with van der Waals surface area (Å²) >= 11 is 0. The van der Waals surface area contributed by atoms with Crippen LogP contribution in [-0.4, -0.2) is 40.3 Å². The second-order valence-electron chi connectivity index (χ2n) is 5.72. The van der Waals surface area contributed by atoms with E-state index in [9.17, 15) is 9.59 Å². The molecule has 7 heteroatoms. The first-order valence-electron chi connectivity index (χ1n) is 8.42. The van der Waals surface area contributed by atoms with Crippen LogP contribution in [0, 0.1) is 0 Å². The van der Waals surface area contributed by atoms with Crippen LogP contribution in [0.1, 0.15) is 26.3 Å². The van der Waals surface area contributed by atoms with Crippen LogP contribution in [0.5, 0.6) is 17.2 Å². The maximum atomic E-state index is 12.8. The van der Waals surface area contributed by atoms with Crippen LogP contribution in [0.2, 0.25) is 0 Å². The largest absolute Gasteiger partial charge is 0.496 e. The van der Waals surface area contributed by atoms with E-state index in [2.05, 4.69) is 11.9 Å². The first-order chi connectivity index (χ1) is 13.5. The third-order valence-corrected chi connectivity index (χ3v) is 4.08. The van der Waals surface area contributed by atoms with Gasteiger partial charge in [-0.1, -0.05) is 6.08 Å². The van der Waals surface area contributed by atoms with Crippen molar-refractivity contribution >= 4 is 17.6 Å². The molecule has 0 aromatic heterocycles. The molecule has 1 N–H and O–H groups in total. The van der Waals surface area contributed by atoms with Gasteiger partial charge in [-0.25, -0.2) is 4.79 Å². The summed E-state index contributed by atoms with van der Waals surface area (Å²) in [6.07, 6.45) is 2.28. The Kier molecular flexibility index (Phi) is 7.03. The van der Waals surface area contributed by atoms with Crippen LogP contribution >= 0.6 is 0 Å². The van der Waals surface area contributed by atoms with Crippen molar-refractivity contribution in [1.82, 2.24) is 0 Å². The molecule has 0 aliphatic rings. The highest BCUT2D eigenvalue weighted by Gasteiger charge is 2.20. The summed E-state index contributed by atoms with van der Waals surface area (Å²) in [6.45, 7) is 3.72.